The number of rotatable bonds is 2. The summed E-state index contributed by atoms with van der Waals surface area (Å²) in [6.45, 7) is 4.54. The Kier molecular flexibility index (Phi) is 3.50. The second kappa shape index (κ2) is 4.78. The van der Waals surface area contributed by atoms with Crippen LogP contribution in [0.15, 0.2) is 0 Å². The first-order valence-corrected chi connectivity index (χ1v) is 6.73. The van der Waals surface area contributed by atoms with Crippen molar-refractivity contribution in [3.63, 3.8) is 0 Å². The number of hydrogen-bond acceptors (Lipinski definition) is 2. The van der Waals surface area contributed by atoms with Crippen LogP contribution in [0.3, 0.4) is 0 Å². The molecule has 0 radical (unpaired) electrons. The quantitative estimate of drug-likeness (QED) is 0.789. The lowest BCUT2D eigenvalue weighted by atomic mass is 9.78. The van der Waals surface area contributed by atoms with Crippen LogP contribution >= 0.6 is 0 Å². The summed E-state index contributed by atoms with van der Waals surface area (Å²) in [5.41, 5.74) is -0.0412. The summed E-state index contributed by atoms with van der Waals surface area (Å²) in [5, 5.41) is 12.1. The van der Waals surface area contributed by atoms with Crippen molar-refractivity contribution in [2.75, 3.05) is 6.54 Å². The number of urea groups is 1. The van der Waals surface area contributed by atoms with Gasteiger partial charge in [-0.25, -0.2) is 4.79 Å². The number of nitrogens with zero attached hydrogens (tertiary/aromatic N) is 1. The Balaban J connectivity index is 1.89. The maximum Gasteiger partial charge on any atom is 0.318 e. The third-order valence-corrected chi connectivity index (χ3v) is 4.35. The van der Waals surface area contributed by atoms with Crippen molar-refractivity contribution in [1.29, 1.82) is 0 Å². The molecule has 2 N–H and O–H groups in total. The van der Waals surface area contributed by atoms with Gasteiger partial charge in [0.15, 0.2) is 0 Å². The lowest BCUT2D eigenvalue weighted by Gasteiger charge is -2.43. The lowest BCUT2D eigenvalue weighted by molar-refractivity contribution is -0.143. The molecule has 102 valence electrons. The maximum atomic E-state index is 12.2. The van der Waals surface area contributed by atoms with Crippen molar-refractivity contribution in [2.24, 2.45) is 5.92 Å². The summed E-state index contributed by atoms with van der Waals surface area (Å²) < 4.78 is 0. The van der Waals surface area contributed by atoms with Crippen molar-refractivity contribution >= 4 is 12.0 Å². The molecule has 2 unspecified atom stereocenters. The number of likely N-dealkylation sites (tertiary alicyclic amines) is 1. The Morgan fingerprint density at radius 1 is 1.39 bits per heavy atom. The normalized spacial score (nSPS) is 30.4. The van der Waals surface area contributed by atoms with Gasteiger partial charge in [0.25, 0.3) is 0 Å². The molecule has 1 saturated heterocycles. The third kappa shape index (κ3) is 2.60. The van der Waals surface area contributed by atoms with E-state index >= 15 is 0 Å². The summed E-state index contributed by atoms with van der Waals surface area (Å²) in [6.07, 6.45) is 4.37. The maximum absolute atomic E-state index is 12.2. The van der Waals surface area contributed by atoms with Gasteiger partial charge in [-0.1, -0.05) is 0 Å². The minimum absolute atomic E-state index is 0.00327. The number of piperidine rings is 1. The zero-order chi connectivity index (χ0) is 13.3. The van der Waals surface area contributed by atoms with Gasteiger partial charge in [-0.3, -0.25) is 4.79 Å². The lowest BCUT2D eigenvalue weighted by Crippen LogP contribution is -2.58. The topological polar surface area (TPSA) is 69.6 Å². The molecule has 0 aromatic carbocycles. The molecule has 2 fully saturated rings. The molecule has 1 heterocycles. The first-order chi connectivity index (χ1) is 8.41. The smallest absolute Gasteiger partial charge is 0.318 e. The molecule has 5 nitrogen and oxygen atoms in total. The second-order valence-corrected chi connectivity index (χ2v) is 5.95. The average molecular weight is 254 g/mol. The number of amides is 2. The Bertz CT molecular complexity index is 352. The third-order valence-electron chi connectivity index (χ3n) is 4.35. The highest BCUT2D eigenvalue weighted by Crippen LogP contribution is 2.32. The van der Waals surface area contributed by atoms with Gasteiger partial charge < -0.3 is 15.3 Å². The number of carbonyl (C=O) groups excluding carboxylic acids is 1. The van der Waals surface area contributed by atoms with E-state index in [0.717, 1.165) is 12.8 Å². The van der Waals surface area contributed by atoms with Gasteiger partial charge in [0.2, 0.25) is 0 Å². The molecular formula is C13H22N2O3. The highest BCUT2D eigenvalue weighted by atomic mass is 16.4. The Hall–Kier alpha value is -1.26. The van der Waals surface area contributed by atoms with Crippen LogP contribution < -0.4 is 5.32 Å². The van der Waals surface area contributed by atoms with Crippen molar-refractivity contribution in [3.05, 3.63) is 0 Å². The molecule has 2 atom stereocenters. The van der Waals surface area contributed by atoms with Gasteiger partial charge in [0.05, 0.1) is 5.92 Å². The summed E-state index contributed by atoms with van der Waals surface area (Å²) in [5.74, 6) is -1.05. The predicted molar refractivity (Wildman–Crippen MR) is 67.3 cm³/mol. The van der Waals surface area contributed by atoms with Crippen molar-refractivity contribution in [3.8, 4) is 0 Å². The molecule has 2 rings (SSSR count). The molecule has 1 aliphatic carbocycles. The van der Waals surface area contributed by atoms with Crippen molar-refractivity contribution < 1.29 is 14.7 Å². The van der Waals surface area contributed by atoms with Gasteiger partial charge in [-0.05, 0) is 46.0 Å². The molecule has 2 aliphatic rings. The highest BCUT2D eigenvalue weighted by Gasteiger charge is 2.37. The largest absolute Gasteiger partial charge is 0.481 e. The van der Waals surface area contributed by atoms with E-state index in [1.807, 2.05) is 6.92 Å². The van der Waals surface area contributed by atoms with Crippen LogP contribution in [0.2, 0.25) is 0 Å². The van der Waals surface area contributed by atoms with Crippen LogP contribution in [0.25, 0.3) is 0 Å². The van der Waals surface area contributed by atoms with Gasteiger partial charge in [-0.15, -0.1) is 0 Å². The molecule has 0 aromatic rings. The number of hydrogen-bond donors (Lipinski definition) is 2. The summed E-state index contributed by atoms with van der Waals surface area (Å²) in [7, 11) is 0. The van der Waals surface area contributed by atoms with Crippen LogP contribution in [-0.2, 0) is 4.79 Å². The fraction of sp³-hybridized carbons (Fsp3) is 0.846. The standard InChI is InChI=1S/C13H22N2O3/c1-9-8-10(11(16)17)4-7-15(9)12(18)14-13(2)5-3-6-13/h9-10H,3-8H2,1-2H3,(H,14,18)(H,16,17). The first kappa shape index (κ1) is 13.2. The minimum atomic E-state index is -0.743. The zero-order valence-electron chi connectivity index (χ0n) is 11.1. The second-order valence-electron chi connectivity index (χ2n) is 5.95. The fourth-order valence-corrected chi connectivity index (χ4v) is 2.86. The van der Waals surface area contributed by atoms with Gasteiger partial charge in [0, 0.05) is 18.1 Å². The van der Waals surface area contributed by atoms with Crippen molar-refractivity contribution in [1.82, 2.24) is 10.2 Å². The highest BCUT2D eigenvalue weighted by molar-refractivity contribution is 5.76. The molecule has 0 spiro atoms. The fourth-order valence-electron chi connectivity index (χ4n) is 2.86. The van der Waals surface area contributed by atoms with E-state index in [9.17, 15) is 9.59 Å². The Morgan fingerprint density at radius 3 is 2.50 bits per heavy atom. The molecule has 0 aromatic heterocycles. The van der Waals surface area contributed by atoms with E-state index < -0.39 is 5.97 Å². The number of carboxylic acid groups (broad SMARTS) is 1. The minimum Gasteiger partial charge on any atom is -0.481 e. The van der Waals surface area contributed by atoms with Crippen LogP contribution in [0.4, 0.5) is 4.79 Å². The monoisotopic (exact) mass is 254 g/mol. The number of carbonyl (C=O) groups is 2. The SMILES string of the molecule is CC1CC(C(=O)O)CCN1C(=O)NC1(C)CCC1. The Morgan fingerprint density at radius 2 is 2.06 bits per heavy atom. The van der Waals surface area contributed by atoms with Gasteiger partial charge >= 0.3 is 12.0 Å². The van der Waals surface area contributed by atoms with E-state index in [0.29, 0.717) is 19.4 Å². The van der Waals surface area contributed by atoms with Gasteiger partial charge in [0.1, 0.15) is 0 Å². The molecule has 5 heteroatoms. The number of carboxylic acids is 1. The predicted octanol–water partition coefficient (Wildman–Crippen LogP) is 1.82. The van der Waals surface area contributed by atoms with E-state index in [4.69, 9.17) is 5.11 Å². The number of nitrogens with one attached hydrogen (secondary N) is 1. The van der Waals surface area contributed by atoms with Crippen molar-refractivity contribution in [2.45, 2.75) is 57.5 Å². The summed E-state index contributed by atoms with van der Waals surface area (Å²) in [4.78, 5) is 24.9. The van der Waals surface area contributed by atoms with E-state index in [1.165, 1.54) is 6.42 Å². The summed E-state index contributed by atoms with van der Waals surface area (Å²) in [6, 6.07) is -0.0305. The molecule has 1 saturated carbocycles. The average Bonchev–Trinajstić information content (AvgIpc) is 2.26. The van der Waals surface area contributed by atoms with Crippen LogP contribution in [0.1, 0.15) is 46.0 Å². The Labute approximate surface area is 108 Å². The van der Waals surface area contributed by atoms with Crippen LogP contribution in [-0.4, -0.2) is 40.1 Å². The summed E-state index contributed by atoms with van der Waals surface area (Å²) >= 11 is 0. The first-order valence-electron chi connectivity index (χ1n) is 6.73. The van der Waals surface area contributed by atoms with E-state index in [2.05, 4.69) is 12.2 Å². The van der Waals surface area contributed by atoms with Crippen LogP contribution in [0, 0.1) is 5.92 Å². The molecule has 18 heavy (non-hydrogen) atoms. The van der Waals surface area contributed by atoms with Crippen LogP contribution in [0.5, 0.6) is 0 Å². The number of aliphatic carboxylic acids is 1. The molecule has 1 aliphatic heterocycles. The van der Waals surface area contributed by atoms with E-state index in [1.54, 1.807) is 4.90 Å². The zero-order valence-corrected chi connectivity index (χ0v) is 11.1. The van der Waals surface area contributed by atoms with E-state index in [-0.39, 0.29) is 23.5 Å². The van der Waals surface area contributed by atoms with Gasteiger partial charge in [-0.2, -0.15) is 0 Å². The molecular weight excluding hydrogens is 232 g/mol. The molecule has 0 bridgehead atoms. The molecule has 2 amide bonds.